The van der Waals surface area contributed by atoms with Crippen LogP contribution in [0.25, 0.3) is 0 Å². The number of thiazole rings is 1. The Morgan fingerprint density at radius 2 is 1.83 bits per heavy atom. The van der Waals surface area contributed by atoms with E-state index in [-0.39, 0.29) is 23.3 Å². The predicted octanol–water partition coefficient (Wildman–Crippen LogP) is 2.66. The molecule has 2 fully saturated rings. The summed E-state index contributed by atoms with van der Waals surface area (Å²) in [4.78, 5) is 21.7. The first kappa shape index (κ1) is 20.8. The SMILES string of the molecule is O=C(C1CCCN(S(=O)(=O)c2ccc(Br)cc2)C1)N1CCN(c2nccs2)CC1. The number of nitrogens with zero attached hydrogens (tertiary/aromatic N) is 4. The quantitative estimate of drug-likeness (QED) is 0.647. The Hall–Kier alpha value is -1.49. The number of hydrogen-bond acceptors (Lipinski definition) is 6. The molecule has 2 aliphatic rings. The highest BCUT2D eigenvalue weighted by Crippen LogP contribution is 2.27. The number of anilines is 1. The van der Waals surface area contributed by atoms with E-state index in [0.717, 1.165) is 29.1 Å². The molecule has 0 saturated carbocycles. The third-order valence-corrected chi connectivity index (χ3v) is 8.71. The Balaban J connectivity index is 1.39. The zero-order valence-electron chi connectivity index (χ0n) is 15.9. The van der Waals surface area contributed by atoms with Crippen molar-refractivity contribution in [2.75, 3.05) is 44.2 Å². The Kier molecular flexibility index (Phi) is 6.24. The molecule has 1 unspecified atom stereocenters. The molecule has 3 heterocycles. The molecule has 2 saturated heterocycles. The van der Waals surface area contributed by atoms with Crippen molar-refractivity contribution in [2.45, 2.75) is 17.7 Å². The second-order valence-corrected chi connectivity index (χ2v) is 11.0. The van der Waals surface area contributed by atoms with Gasteiger partial charge in [-0.3, -0.25) is 4.79 Å². The summed E-state index contributed by atoms with van der Waals surface area (Å²) in [6.07, 6.45) is 3.23. The summed E-state index contributed by atoms with van der Waals surface area (Å²) in [6, 6.07) is 6.65. The number of carbonyl (C=O) groups is 1. The van der Waals surface area contributed by atoms with E-state index < -0.39 is 10.0 Å². The van der Waals surface area contributed by atoms with Crippen molar-refractivity contribution in [2.24, 2.45) is 5.92 Å². The number of amides is 1. The van der Waals surface area contributed by atoms with Crippen molar-refractivity contribution in [3.63, 3.8) is 0 Å². The molecular formula is C19H23BrN4O3S2. The first-order chi connectivity index (χ1) is 13.9. The van der Waals surface area contributed by atoms with E-state index in [4.69, 9.17) is 0 Å². The van der Waals surface area contributed by atoms with E-state index in [2.05, 4.69) is 25.8 Å². The van der Waals surface area contributed by atoms with Gasteiger partial charge in [-0.1, -0.05) is 15.9 Å². The molecule has 2 aliphatic heterocycles. The smallest absolute Gasteiger partial charge is 0.243 e. The Labute approximate surface area is 183 Å². The van der Waals surface area contributed by atoms with Crippen molar-refractivity contribution >= 4 is 48.3 Å². The van der Waals surface area contributed by atoms with Gasteiger partial charge in [0, 0.05) is 55.3 Å². The molecule has 0 radical (unpaired) electrons. The summed E-state index contributed by atoms with van der Waals surface area (Å²) in [5.41, 5.74) is 0. The van der Waals surface area contributed by atoms with Crippen LogP contribution in [0.5, 0.6) is 0 Å². The highest BCUT2D eigenvalue weighted by atomic mass is 79.9. The largest absolute Gasteiger partial charge is 0.345 e. The van der Waals surface area contributed by atoms with Crippen LogP contribution in [0, 0.1) is 5.92 Å². The van der Waals surface area contributed by atoms with Crippen molar-refractivity contribution in [1.29, 1.82) is 0 Å². The van der Waals surface area contributed by atoms with E-state index >= 15 is 0 Å². The average molecular weight is 499 g/mol. The number of benzene rings is 1. The maximum Gasteiger partial charge on any atom is 0.243 e. The summed E-state index contributed by atoms with van der Waals surface area (Å²) in [5, 5.41) is 2.94. The van der Waals surface area contributed by atoms with Crippen LogP contribution in [0.15, 0.2) is 45.2 Å². The summed E-state index contributed by atoms with van der Waals surface area (Å²) < 4.78 is 28.3. The van der Waals surface area contributed by atoms with Gasteiger partial charge in [0.05, 0.1) is 10.8 Å². The van der Waals surface area contributed by atoms with Crippen molar-refractivity contribution in [3.05, 3.63) is 40.3 Å². The van der Waals surface area contributed by atoms with Crippen molar-refractivity contribution in [3.8, 4) is 0 Å². The molecule has 0 bridgehead atoms. The summed E-state index contributed by atoms with van der Waals surface area (Å²) in [5.74, 6) is -0.208. The lowest BCUT2D eigenvalue weighted by Crippen LogP contribution is -2.53. The van der Waals surface area contributed by atoms with Gasteiger partial charge in [0.25, 0.3) is 0 Å². The Bertz CT molecular complexity index is 942. The molecule has 2 aromatic rings. The number of sulfonamides is 1. The molecule has 0 aliphatic carbocycles. The number of piperazine rings is 1. The number of aromatic nitrogens is 1. The van der Waals surface area contributed by atoms with Crippen LogP contribution in [0.1, 0.15) is 12.8 Å². The Morgan fingerprint density at radius 3 is 2.48 bits per heavy atom. The van der Waals surface area contributed by atoms with Gasteiger partial charge < -0.3 is 9.80 Å². The molecule has 0 spiro atoms. The fourth-order valence-corrected chi connectivity index (χ4v) is 6.35. The maximum atomic E-state index is 13.1. The minimum atomic E-state index is -3.59. The summed E-state index contributed by atoms with van der Waals surface area (Å²) >= 11 is 4.94. The third kappa shape index (κ3) is 4.50. The first-order valence-corrected chi connectivity index (χ1v) is 12.8. The van der Waals surface area contributed by atoms with Gasteiger partial charge in [0.1, 0.15) is 0 Å². The lowest BCUT2D eigenvalue weighted by molar-refractivity contribution is -0.137. The molecule has 0 N–H and O–H groups in total. The molecule has 1 amide bonds. The second-order valence-electron chi connectivity index (χ2n) is 7.28. The zero-order chi connectivity index (χ0) is 20.4. The van der Waals surface area contributed by atoms with Gasteiger partial charge in [-0.2, -0.15) is 4.31 Å². The van der Waals surface area contributed by atoms with Gasteiger partial charge >= 0.3 is 0 Å². The molecule has 156 valence electrons. The molecule has 4 rings (SSSR count). The molecule has 7 nitrogen and oxygen atoms in total. The van der Waals surface area contributed by atoms with E-state index in [0.29, 0.717) is 26.1 Å². The molecule has 1 aromatic heterocycles. The number of piperidine rings is 1. The lowest BCUT2D eigenvalue weighted by Gasteiger charge is -2.38. The van der Waals surface area contributed by atoms with E-state index in [1.807, 2.05) is 10.3 Å². The second kappa shape index (κ2) is 8.71. The number of hydrogen-bond donors (Lipinski definition) is 0. The van der Waals surface area contributed by atoms with Gasteiger partial charge in [-0.05, 0) is 37.1 Å². The summed E-state index contributed by atoms with van der Waals surface area (Å²) in [7, 11) is -3.59. The van der Waals surface area contributed by atoms with Crippen LogP contribution in [0.2, 0.25) is 0 Å². The van der Waals surface area contributed by atoms with Crippen molar-refractivity contribution in [1.82, 2.24) is 14.2 Å². The van der Waals surface area contributed by atoms with Gasteiger partial charge in [-0.25, -0.2) is 13.4 Å². The normalized spacial score (nSPS) is 21.3. The fraction of sp³-hybridized carbons (Fsp3) is 0.474. The minimum Gasteiger partial charge on any atom is -0.345 e. The Morgan fingerprint density at radius 1 is 1.10 bits per heavy atom. The molecule has 29 heavy (non-hydrogen) atoms. The van der Waals surface area contributed by atoms with E-state index in [1.54, 1.807) is 41.8 Å². The number of rotatable bonds is 4. The molecule has 1 atom stereocenters. The van der Waals surface area contributed by atoms with Crippen LogP contribution in [-0.2, 0) is 14.8 Å². The maximum absolute atomic E-state index is 13.1. The van der Waals surface area contributed by atoms with Gasteiger partial charge in [-0.15, -0.1) is 11.3 Å². The lowest BCUT2D eigenvalue weighted by atomic mass is 9.98. The topological polar surface area (TPSA) is 73.8 Å². The monoisotopic (exact) mass is 498 g/mol. The van der Waals surface area contributed by atoms with E-state index in [9.17, 15) is 13.2 Å². The zero-order valence-corrected chi connectivity index (χ0v) is 19.1. The third-order valence-electron chi connectivity index (χ3n) is 5.47. The number of carbonyl (C=O) groups excluding carboxylic acids is 1. The van der Waals surface area contributed by atoms with Crippen LogP contribution in [0.4, 0.5) is 5.13 Å². The van der Waals surface area contributed by atoms with Crippen LogP contribution in [0.3, 0.4) is 0 Å². The van der Waals surface area contributed by atoms with Crippen LogP contribution in [-0.4, -0.2) is 67.8 Å². The standard InChI is InChI=1S/C19H23BrN4O3S2/c20-16-3-5-17(6-4-16)29(26,27)24-8-1-2-15(14-24)18(25)22-9-11-23(12-10-22)19-21-7-13-28-19/h3-7,13,15H,1-2,8-12,14H2. The predicted molar refractivity (Wildman–Crippen MR) is 117 cm³/mol. The minimum absolute atomic E-state index is 0.0690. The number of halogens is 1. The summed E-state index contributed by atoms with van der Waals surface area (Å²) in [6.45, 7) is 3.52. The van der Waals surface area contributed by atoms with Gasteiger partial charge in [0.2, 0.25) is 15.9 Å². The van der Waals surface area contributed by atoms with E-state index in [1.165, 1.54) is 4.31 Å². The van der Waals surface area contributed by atoms with Crippen molar-refractivity contribution < 1.29 is 13.2 Å². The highest BCUT2D eigenvalue weighted by Gasteiger charge is 2.36. The van der Waals surface area contributed by atoms with Crippen LogP contribution < -0.4 is 4.90 Å². The van der Waals surface area contributed by atoms with Gasteiger partial charge in [0.15, 0.2) is 5.13 Å². The highest BCUT2D eigenvalue weighted by molar-refractivity contribution is 9.10. The fourth-order valence-electron chi connectivity index (χ4n) is 3.87. The average Bonchev–Trinajstić information content (AvgIpc) is 3.29. The molecule has 10 heteroatoms. The first-order valence-electron chi connectivity index (χ1n) is 9.64. The molecular weight excluding hydrogens is 476 g/mol. The molecule has 1 aromatic carbocycles. The van der Waals surface area contributed by atoms with Crippen LogP contribution >= 0.6 is 27.3 Å².